The molecule has 2 heterocycles. The van der Waals surface area contributed by atoms with Crippen molar-refractivity contribution in [1.82, 2.24) is 14.9 Å². The van der Waals surface area contributed by atoms with Gasteiger partial charge in [0, 0.05) is 61.3 Å². The molecule has 0 spiro atoms. The molecule has 4 N–H and O–H groups in total. The van der Waals surface area contributed by atoms with Gasteiger partial charge in [0.25, 0.3) is 0 Å². The molecule has 0 atom stereocenters. The maximum absolute atomic E-state index is 12.3. The SMILES string of the molecule is C=CC(=O)Nc1cc(Nc2cc(-c3ccc(C=N)c(NC)c3)ncn2)c(OC)cc1N1CCC(N(C)C)CC1. The highest BCUT2D eigenvalue weighted by molar-refractivity contribution is 6.02. The quantitative estimate of drug-likeness (QED) is 0.223. The topological polar surface area (TPSA) is 118 Å². The fourth-order valence-corrected chi connectivity index (χ4v) is 4.78. The van der Waals surface area contributed by atoms with Gasteiger partial charge < -0.3 is 35.9 Å². The minimum Gasteiger partial charge on any atom is -0.494 e. The summed E-state index contributed by atoms with van der Waals surface area (Å²) in [5, 5.41) is 17.0. The number of rotatable bonds is 10. The molecule has 1 aromatic heterocycles. The van der Waals surface area contributed by atoms with Gasteiger partial charge in [-0.1, -0.05) is 18.7 Å². The van der Waals surface area contributed by atoms with Crippen LogP contribution in [0.15, 0.2) is 55.4 Å². The Morgan fingerprint density at radius 2 is 1.90 bits per heavy atom. The van der Waals surface area contributed by atoms with Gasteiger partial charge in [0.2, 0.25) is 5.91 Å². The number of hydrogen-bond acceptors (Lipinski definition) is 9. The maximum Gasteiger partial charge on any atom is 0.247 e. The summed E-state index contributed by atoms with van der Waals surface area (Å²) in [7, 11) is 7.67. The number of methoxy groups -OCH3 is 1. The van der Waals surface area contributed by atoms with Crippen molar-refractivity contribution < 1.29 is 9.53 Å². The van der Waals surface area contributed by atoms with Crippen LogP contribution < -0.4 is 25.6 Å². The van der Waals surface area contributed by atoms with Crippen LogP contribution in [0.25, 0.3) is 11.3 Å². The van der Waals surface area contributed by atoms with E-state index in [0.29, 0.717) is 29.0 Å². The van der Waals surface area contributed by atoms with Crippen LogP contribution in [-0.2, 0) is 4.79 Å². The lowest BCUT2D eigenvalue weighted by molar-refractivity contribution is -0.111. The molecule has 1 fully saturated rings. The van der Waals surface area contributed by atoms with Crippen LogP contribution in [0.1, 0.15) is 18.4 Å². The standard InChI is InChI=1S/C29H36N8O2/c1-6-29(38)35-24-14-25(27(39-5)16-26(24)37-11-9-21(10-12-37)36(3)4)34-28-15-23(32-18-33-28)19-7-8-20(17-30)22(13-19)31-2/h6-8,13-18,21,30-31H,1,9-12H2,2-5H3,(H,35,38)(H,32,33,34). The Labute approximate surface area is 229 Å². The molecule has 2 aromatic carbocycles. The lowest BCUT2D eigenvalue weighted by Gasteiger charge is -2.37. The number of benzene rings is 2. The van der Waals surface area contributed by atoms with Gasteiger partial charge in [-0.15, -0.1) is 0 Å². The van der Waals surface area contributed by atoms with Crippen molar-refractivity contribution in [2.24, 2.45) is 0 Å². The van der Waals surface area contributed by atoms with Crippen LogP contribution in [0.4, 0.5) is 28.6 Å². The molecule has 39 heavy (non-hydrogen) atoms. The van der Waals surface area contributed by atoms with E-state index in [1.54, 1.807) is 7.11 Å². The number of aromatic nitrogens is 2. The number of hydrogen-bond donors (Lipinski definition) is 4. The van der Waals surface area contributed by atoms with Crippen molar-refractivity contribution in [3.63, 3.8) is 0 Å². The van der Waals surface area contributed by atoms with Gasteiger partial charge in [-0.3, -0.25) is 4.79 Å². The minimum atomic E-state index is -0.284. The zero-order valence-electron chi connectivity index (χ0n) is 22.9. The van der Waals surface area contributed by atoms with Crippen LogP contribution in [0.3, 0.4) is 0 Å². The van der Waals surface area contributed by atoms with Crippen LogP contribution >= 0.6 is 0 Å². The van der Waals surface area contributed by atoms with Crippen LogP contribution in [-0.4, -0.2) is 74.4 Å². The molecule has 0 aliphatic carbocycles. The summed E-state index contributed by atoms with van der Waals surface area (Å²) >= 11 is 0. The Morgan fingerprint density at radius 3 is 2.54 bits per heavy atom. The molecule has 3 aromatic rings. The van der Waals surface area contributed by atoms with Crippen molar-refractivity contribution in [3.05, 3.63) is 60.9 Å². The first-order valence-corrected chi connectivity index (χ1v) is 12.8. The summed E-state index contributed by atoms with van der Waals surface area (Å²) in [6, 6.07) is 12.0. The molecule has 0 bridgehead atoms. The molecule has 1 amide bonds. The third-order valence-corrected chi connectivity index (χ3v) is 7.00. The second kappa shape index (κ2) is 12.4. The van der Waals surface area contributed by atoms with Gasteiger partial charge in [0.1, 0.15) is 17.9 Å². The number of nitrogens with zero attached hydrogens (tertiary/aromatic N) is 4. The van der Waals surface area contributed by atoms with Gasteiger partial charge >= 0.3 is 0 Å². The summed E-state index contributed by atoms with van der Waals surface area (Å²) in [6.07, 6.45) is 6.14. The number of carbonyl (C=O) groups excluding carboxylic acids is 1. The highest BCUT2D eigenvalue weighted by atomic mass is 16.5. The van der Waals surface area contributed by atoms with Gasteiger partial charge in [0.15, 0.2) is 0 Å². The molecule has 0 unspecified atom stereocenters. The normalized spacial score (nSPS) is 13.6. The Hall–Kier alpha value is -4.44. The Balaban J connectivity index is 1.66. The molecule has 1 aliphatic heterocycles. The predicted molar refractivity (Wildman–Crippen MR) is 159 cm³/mol. The molecule has 204 valence electrons. The molecule has 1 saturated heterocycles. The van der Waals surface area contributed by atoms with Crippen molar-refractivity contribution in [1.29, 1.82) is 5.41 Å². The first-order valence-electron chi connectivity index (χ1n) is 12.8. The zero-order chi connectivity index (χ0) is 27.9. The Morgan fingerprint density at radius 1 is 1.13 bits per heavy atom. The van der Waals surface area contributed by atoms with E-state index < -0.39 is 0 Å². The Kier molecular flexibility index (Phi) is 8.77. The summed E-state index contributed by atoms with van der Waals surface area (Å²) in [6.45, 7) is 5.35. The molecular weight excluding hydrogens is 492 g/mol. The second-order valence-corrected chi connectivity index (χ2v) is 9.55. The number of amides is 1. The first kappa shape index (κ1) is 27.6. The van der Waals surface area contributed by atoms with Crippen molar-refractivity contribution in [2.45, 2.75) is 18.9 Å². The number of piperidine rings is 1. The van der Waals surface area contributed by atoms with Crippen molar-refractivity contribution in [2.75, 3.05) is 62.2 Å². The summed E-state index contributed by atoms with van der Waals surface area (Å²) in [5.41, 5.74) is 5.46. The largest absolute Gasteiger partial charge is 0.494 e. The number of carbonyl (C=O) groups is 1. The van der Waals surface area contributed by atoms with Gasteiger partial charge in [0.05, 0.1) is 29.9 Å². The molecular formula is C29H36N8O2. The maximum atomic E-state index is 12.3. The highest BCUT2D eigenvalue weighted by Gasteiger charge is 2.24. The zero-order valence-corrected chi connectivity index (χ0v) is 22.9. The van der Waals surface area contributed by atoms with Crippen LogP contribution in [0, 0.1) is 5.41 Å². The monoisotopic (exact) mass is 528 g/mol. The second-order valence-electron chi connectivity index (χ2n) is 9.55. The fourth-order valence-electron chi connectivity index (χ4n) is 4.78. The summed E-state index contributed by atoms with van der Waals surface area (Å²) in [4.78, 5) is 25.7. The Bertz CT molecular complexity index is 1350. The summed E-state index contributed by atoms with van der Waals surface area (Å²) < 4.78 is 5.76. The molecule has 0 saturated carbocycles. The number of ether oxygens (including phenoxy) is 1. The van der Waals surface area contributed by atoms with E-state index in [0.717, 1.165) is 54.1 Å². The van der Waals surface area contributed by atoms with Crippen molar-refractivity contribution >= 4 is 40.7 Å². The van der Waals surface area contributed by atoms with E-state index in [9.17, 15) is 4.79 Å². The fraction of sp³-hybridized carbons (Fsp3) is 0.310. The lowest BCUT2D eigenvalue weighted by atomic mass is 10.0. The third kappa shape index (κ3) is 6.35. The third-order valence-electron chi connectivity index (χ3n) is 7.00. The summed E-state index contributed by atoms with van der Waals surface area (Å²) in [5.74, 6) is 0.916. The van der Waals surface area contributed by atoms with E-state index in [1.807, 2.05) is 43.4 Å². The van der Waals surface area contributed by atoms with E-state index in [-0.39, 0.29) is 5.91 Å². The average molecular weight is 529 g/mol. The minimum absolute atomic E-state index is 0.284. The number of nitrogens with one attached hydrogen (secondary N) is 4. The first-order chi connectivity index (χ1) is 18.9. The molecule has 10 heteroatoms. The molecule has 1 aliphatic rings. The van der Waals surface area contributed by atoms with Crippen LogP contribution in [0.2, 0.25) is 0 Å². The van der Waals surface area contributed by atoms with Crippen LogP contribution in [0.5, 0.6) is 5.75 Å². The van der Waals surface area contributed by atoms with Gasteiger partial charge in [-0.2, -0.15) is 0 Å². The smallest absolute Gasteiger partial charge is 0.247 e. The van der Waals surface area contributed by atoms with E-state index in [1.165, 1.54) is 18.6 Å². The average Bonchev–Trinajstić information content (AvgIpc) is 2.97. The highest BCUT2D eigenvalue weighted by Crippen LogP contribution is 2.39. The van der Waals surface area contributed by atoms with E-state index in [4.69, 9.17) is 10.1 Å². The number of anilines is 5. The molecule has 0 radical (unpaired) electrons. The van der Waals surface area contributed by atoms with Gasteiger partial charge in [-0.05, 0) is 45.1 Å². The van der Waals surface area contributed by atoms with E-state index in [2.05, 4.69) is 56.4 Å². The lowest BCUT2D eigenvalue weighted by Crippen LogP contribution is -2.42. The predicted octanol–water partition coefficient (Wildman–Crippen LogP) is 4.59. The van der Waals surface area contributed by atoms with Crippen molar-refractivity contribution in [3.8, 4) is 17.0 Å². The van der Waals surface area contributed by atoms with Gasteiger partial charge in [-0.25, -0.2) is 9.97 Å². The molecule has 10 nitrogen and oxygen atoms in total. The van der Waals surface area contributed by atoms with E-state index >= 15 is 0 Å². The molecule has 4 rings (SSSR count).